The zero-order valence-corrected chi connectivity index (χ0v) is 11.9. The van der Waals surface area contributed by atoms with E-state index in [4.69, 9.17) is 5.73 Å². The number of aryl methyl sites for hydroxylation is 1. The number of carbonyl (C=O) groups excluding carboxylic acids is 1. The number of aromatic nitrogens is 2. The van der Waals surface area contributed by atoms with Gasteiger partial charge in [-0.1, -0.05) is 13.8 Å². The lowest BCUT2D eigenvalue weighted by atomic mass is 9.81. The van der Waals surface area contributed by atoms with Gasteiger partial charge in [0, 0.05) is 31.9 Å². The van der Waals surface area contributed by atoms with Crippen LogP contribution in [0.2, 0.25) is 0 Å². The first kappa shape index (κ1) is 15.7. The van der Waals surface area contributed by atoms with Gasteiger partial charge in [-0.3, -0.25) is 9.48 Å². The number of hydrogen-bond acceptors (Lipinski definition) is 4. The van der Waals surface area contributed by atoms with Crippen LogP contribution in [-0.4, -0.2) is 33.9 Å². The van der Waals surface area contributed by atoms with Crippen LogP contribution in [0.1, 0.15) is 38.4 Å². The summed E-state index contributed by atoms with van der Waals surface area (Å²) < 4.78 is 1.61. The largest absolute Gasteiger partial charge is 0.386 e. The molecule has 1 atom stereocenters. The highest BCUT2D eigenvalue weighted by molar-refractivity contribution is 5.82. The Balaban J connectivity index is 2.58. The van der Waals surface area contributed by atoms with Crippen LogP contribution in [0.25, 0.3) is 0 Å². The summed E-state index contributed by atoms with van der Waals surface area (Å²) in [4.78, 5) is 12.2. The Morgan fingerprint density at radius 3 is 2.63 bits per heavy atom. The normalized spacial score (nSPS) is 13.3. The molecule has 108 valence electrons. The second-order valence-corrected chi connectivity index (χ2v) is 4.86. The Kier molecular flexibility index (Phi) is 5.50. The van der Waals surface area contributed by atoms with Crippen molar-refractivity contribution in [3.63, 3.8) is 0 Å². The smallest absolute Gasteiger partial charge is 0.227 e. The SMILES string of the molecule is CCC(CC)(CN)C(=O)NCC(O)c1cnn(C)c1. The summed E-state index contributed by atoms with van der Waals surface area (Å²) in [6.45, 7) is 4.39. The molecule has 1 aromatic heterocycles. The standard InChI is InChI=1S/C13H24N4O2/c1-4-13(5-2,9-14)12(19)15-7-11(18)10-6-16-17(3)8-10/h6,8,11,18H,4-5,7,9,14H2,1-3H3,(H,15,19). The van der Waals surface area contributed by atoms with Crippen LogP contribution < -0.4 is 11.1 Å². The number of hydrogen-bond donors (Lipinski definition) is 3. The zero-order valence-electron chi connectivity index (χ0n) is 11.9. The molecule has 0 aliphatic rings. The second-order valence-electron chi connectivity index (χ2n) is 4.86. The number of aliphatic hydroxyl groups excluding tert-OH is 1. The van der Waals surface area contributed by atoms with Crippen LogP contribution in [0.15, 0.2) is 12.4 Å². The fraction of sp³-hybridized carbons (Fsp3) is 0.692. The van der Waals surface area contributed by atoms with Crippen molar-refractivity contribution in [2.75, 3.05) is 13.1 Å². The molecule has 1 rings (SSSR count). The van der Waals surface area contributed by atoms with Crippen LogP contribution in [-0.2, 0) is 11.8 Å². The van der Waals surface area contributed by atoms with Gasteiger partial charge in [-0.25, -0.2) is 0 Å². The van der Waals surface area contributed by atoms with Gasteiger partial charge in [0.2, 0.25) is 5.91 Å². The maximum absolute atomic E-state index is 12.2. The maximum Gasteiger partial charge on any atom is 0.227 e. The highest BCUT2D eigenvalue weighted by Gasteiger charge is 2.33. The Labute approximate surface area is 114 Å². The second kappa shape index (κ2) is 6.68. The van der Waals surface area contributed by atoms with Crippen LogP contribution >= 0.6 is 0 Å². The molecule has 1 amide bonds. The Morgan fingerprint density at radius 2 is 2.21 bits per heavy atom. The predicted molar refractivity (Wildman–Crippen MR) is 73.2 cm³/mol. The molecule has 1 heterocycles. The van der Waals surface area contributed by atoms with Gasteiger partial charge in [-0.05, 0) is 12.8 Å². The average Bonchev–Trinajstić information content (AvgIpc) is 2.85. The number of aliphatic hydroxyl groups is 1. The highest BCUT2D eigenvalue weighted by atomic mass is 16.3. The molecule has 19 heavy (non-hydrogen) atoms. The molecule has 1 unspecified atom stereocenters. The number of amides is 1. The van der Waals surface area contributed by atoms with E-state index in [9.17, 15) is 9.90 Å². The molecule has 0 saturated carbocycles. The van der Waals surface area contributed by atoms with Crippen molar-refractivity contribution in [1.82, 2.24) is 15.1 Å². The third kappa shape index (κ3) is 3.54. The lowest BCUT2D eigenvalue weighted by molar-refractivity contribution is -0.131. The van der Waals surface area contributed by atoms with Gasteiger partial charge in [-0.15, -0.1) is 0 Å². The number of nitrogens with one attached hydrogen (secondary N) is 1. The van der Waals surface area contributed by atoms with E-state index in [1.165, 1.54) is 0 Å². The molecule has 0 aromatic carbocycles. The van der Waals surface area contributed by atoms with Crippen LogP contribution in [0.5, 0.6) is 0 Å². The van der Waals surface area contributed by atoms with Crippen LogP contribution in [0.4, 0.5) is 0 Å². The first-order valence-electron chi connectivity index (χ1n) is 6.64. The minimum Gasteiger partial charge on any atom is -0.386 e. The molecule has 6 nitrogen and oxygen atoms in total. The molecule has 0 spiro atoms. The molecule has 0 radical (unpaired) electrons. The van der Waals surface area contributed by atoms with Crippen molar-refractivity contribution in [3.8, 4) is 0 Å². The van der Waals surface area contributed by atoms with Gasteiger partial charge in [0.1, 0.15) is 0 Å². The van der Waals surface area contributed by atoms with Gasteiger partial charge < -0.3 is 16.2 Å². The molecular formula is C13H24N4O2. The van der Waals surface area contributed by atoms with E-state index in [1.807, 2.05) is 13.8 Å². The number of rotatable bonds is 7. The van der Waals surface area contributed by atoms with Crippen molar-refractivity contribution in [2.45, 2.75) is 32.8 Å². The van der Waals surface area contributed by atoms with E-state index in [1.54, 1.807) is 24.1 Å². The third-order valence-corrected chi connectivity index (χ3v) is 3.79. The molecular weight excluding hydrogens is 244 g/mol. The van der Waals surface area contributed by atoms with E-state index in [-0.39, 0.29) is 12.5 Å². The lowest BCUT2D eigenvalue weighted by Gasteiger charge is -2.29. The number of nitrogens with zero attached hydrogens (tertiary/aromatic N) is 2. The maximum atomic E-state index is 12.2. The Bertz CT molecular complexity index is 404. The number of nitrogens with two attached hydrogens (primary N) is 1. The van der Waals surface area contributed by atoms with Gasteiger partial charge >= 0.3 is 0 Å². The summed E-state index contributed by atoms with van der Waals surface area (Å²) in [6, 6.07) is 0. The van der Waals surface area contributed by atoms with Gasteiger partial charge in [-0.2, -0.15) is 5.10 Å². The van der Waals surface area contributed by atoms with E-state index in [0.717, 1.165) is 0 Å². The molecule has 4 N–H and O–H groups in total. The van der Waals surface area contributed by atoms with Crippen molar-refractivity contribution >= 4 is 5.91 Å². The Hall–Kier alpha value is -1.40. The lowest BCUT2D eigenvalue weighted by Crippen LogP contribution is -2.46. The number of carbonyl (C=O) groups is 1. The first-order valence-corrected chi connectivity index (χ1v) is 6.64. The van der Waals surface area contributed by atoms with Crippen molar-refractivity contribution in [1.29, 1.82) is 0 Å². The van der Waals surface area contributed by atoms with E-state index in [2.05, 4.69) is 10.4 Å². The Morgan fingerprint density at radius 1 is 1.58 bits per heavy atom. The van der Waals surface area contributed by atoms with Gasteiger partial charge in [0.05, 0.1) is 17.7 Å². The molecule has 0 fully saturated rings. The molecule has 0 aliphatic heterocycles. The van der Waals surface area contributed by atoms with Gasteiger partial charge in [0.25, 0.3) is 0 Å². The molecule has 6 heteroatoms. The monoisotopic (exact) mass is 268 g/mol. The minimum atomic E-state index is -0.748. The van der Waals surface area contributed by atoms with E-state index < -0.39 is 11.5 Å². The van der Waals surface area contributed by atoms with E-state index >= 15 is 0 Å². The quantitative estimate of drug-likeness (QED) is 0.664. The summed E-state index contributed by atoms with van der Waals surface area (Å²) >= 11 is 0. The predicted octanol–water partition coefficient (Wildman–Crippen LogP) is 0.335. The van der Waals surface area contributed by atoms with Crippen LogP contribution in [0, 0.1) is 5.41 Å². The summed E-state index contributed by atoms with van der Waals surface area (Å²) in [5.74, 6) is -0.0945. The van der Waals surface area contributed by atoms with Crippen molar-refractivity contribution < 1.29 is 9.90 Å². The van der Waals surface area contributed by atoms with Gasteiger partial charge in [0.15, 0.2) is 0 Å². The molecule has 0 saturated heterocycles. The fourth-order valence-corrected chi connectivity index (χ4v) is 2.06. The highest BCUT2D eigenvalue weighted by Crippen LogP contribution is 2.25. The summed E-state index contributed by atoms with van der Waals surface area (Å²) in [5, 5.41) is 16.7. The third-order valence-electron chi connectivity index (χ3n) is 3.79. The first-order chi connectivity index (χ1) is 8.99. The minimum absolute atomic E-state index is 0.0945. The fourth-order valence-electron chi connectivity index (χ4n) is 2.06. The summed E-state index contributed by atoms with van der Waals surface area (Å²) in [5.41, 5.74) is 5.87. The van der Waals surface area contributed by atoms with Crippen molar-refractivity contribution in [3.05, 3.63) is 18.0 Å². The molecule has 1 aromatic rings. The van der Waals surface area contributed by atoms with E-state index in [0.29, 0.717) is 24.9 Å². The molecule has 0 aliphatic carbocycles. The molecule has 0 bridgehead atoms. The summed E-state index contributed by atoms with van der Waals surface area (Å²) in [6.07, 6.45) is 3.95. The van der Waals surface area contributed by atoms with Crippen molar-refractivity contribution in [2.24, 2.45) is 18.2 Å². The summed E-state index contributed by atoms with van der Waals surface area (Å²) in [7, 11) is 1.78. The average molecular weight is 268 g/mol. The topological polar surface area (TPSA) is 93.2 Å². The zero-order chi connectivity index (χ0) is 14.5. The van der Waals surface area contributed by atoms with Crippen LogP contribution in [0.3, 0.4) is 0 Å².